The Bertz CT molecular complexity index is 1710. The van der Waals surface area contributed by atoms with Gasteiger partial charge in [0, 0.05) is 0 Å². The van der Waals surface area contributed by atoms with Gasteiger partial charge in [-0.3, -0.25) is 0 Å². The molecule has 1 aromatic rings. The van der Waals surface area contributed by atoms with E-state index < -0.39 is 64.7 Å². The van der Waals surface area contributed by atoms with E-state index in [1.807, 2.05) is 0 Å². The molecule has 0 radical (unpaired) electrons. The van der Waals surface area contributed by atoms with E-state index in [0.717, 1.165) is 108 Å². The number of unbranched alkanes of at least 4 members (excludes halogenated alkanes) is 36. The van der Waals surface area contributed by atoms with Crippen LogP contribution in [0.5, 0.6) is 0 Å². The lowest BCUT2D eigenvalue weighted by Crippen LogP contribution is -2.22. The molecule has 66 heavy (non-hydrogen) atoms. The molecule has 0 atom stereocenters. The van der Waals surface area contributed by atoms with Crippen LogP contribution in [0.2, 0.25) is 0 Å². The third-order valence-electron chi connectivity index (χ3n) is 13.4. The Morgan fingerprint density at radius 3 is 0.652 bits per heavy atom. The fraction of sp³-hybridized carbons (Fsp3) is 0.889. The molecule has 1 aromatic carbocycles. The number of hydrogen-bond donors (Lipinski definition) is 0. The van der Waals surface area contributed by atoms with Crippen LogP contribution in [0.15, 0.2) is 31.7 Å². The molecule has 8 nitrogen and oxygen atoms in total. The van der Waals surface area contributed by atoms with Gasteiger partial charge in [-0.25, -0.2) is 33.7 Å². The van der Waals surface area contributed by atoms with Gasteiger partial charge in [0.05, 0.1) is 37.7 Å². The van der Waals surface area contributed by atoms with Crippen molar-refractivity contribution in [3.05, 3.63) is 12.1 Å². The normalized spacial score (nSPS) is 12.7. The molecule has 0 spiro atoms. The lowest BCUT2D eigenvalue weighted by molar-refractivity contribution is 0.550. The Labute approximate surface area is 409 Å². The van der Waals surface area contributed by atoms with Gasteiger partial charge in [0.25, 0.3) is 0 Å². The lowest BCUT2D eigenvalue weighted by atomic mass is 10.1. The van der Waals surface area contributed by atoms with Crippen molar-refractivity contribution in [2.45, 2.75) is 304 Å². The minimum absolute atomic E-state index is 0.260. The standard InChI is InChI=1S/C54H102O8S4/c1-5-9-13-17-21-25-29-33-37-41-45-63(55,56)51-49-52(64(57,58)46-42-38-34-30-26-22-18-14-10-6-2)54(66(61,62)48-44-40-36-32-28-24-20-16-12-8-4)53(50-51)65(59,60)47-43-39-35-31-27-23-19-15-11-7-3/h49-50H,5-48H2,1-4H3. The highest BCUT2D eigenvalue weighted by Gasteiger charge is 2.36. The van der Waals surface area contributed by atoms with Crippen molar-refractivity contribution in [2.75, 3.05) is 23.0 Å². The molecular weight excluding hydrogens is 905 g/mol. The summed E-state index contributed by atoms with van der Waals surface area (Å²) in [7, 11) is -17.4. The number of benzene rings is 1. The van der Waals surface area contributed by atoms with Crippen molar-refractivity contribution in [1.29, 1.82) is 0 Å². The molecule has 0 heterocycles. The SMILES string of the molecule is CCCCCCCCCCCCS(=O)(=O)c1cc(S(=O)(=O)CCCCCCCCCCCC)c(S(=O)(=O)CCCCCCCCCCCC)c(S(=O)(=O)CCCCCCCCCCCC)c1. The van der Waals surface area contributed by atoms with E-state index in [0.29, 0.717) is 32.1 Å². The third-order valence-corrected chi connectivity index (χ3v) is 21.0. The van der Waals surface area contributed by atoms with Gasteiger partial charge < -0.3 is 0 Å². The first-order chi connectivity index (χ1) is 31.7. The highest BCUT2D eigenvalue weighted by atomic mass is 32.2. The highest BCUT2D eigenvalue weighted by Crippen LogP contribution is 2.36. The summed E-state index contributed by atoms with van der Waals surface area (Å²) >= 11 is 0. The number of sulfone groups is 4. The molecule has 0 aliphatic rings. The van der Waals surface area contributed by atoms with E-state index in [1.165, 1.54) is 109 Å². The fourth-order valence-corrected chi connectivity index (χ4v) is 16.7. The van der Waals surface area contributed by atoms with Crippen LogP contribution < -0.4 is 0 Å². The summed E-state index contributed by atoms with van der Waals surface area (Å²) in [6.07, 6.45) is 39.6. The Morgan fingerprint density at radius 1 is 0.242 bits per heavy atom. The highest BCUT2D eigenvalue weighted by molar-refractivity contribution is 7.96. The zero-order valence-corrected chi connectivity index (χ0v) is 46.4. The van der Waals surface area contributed by atoms with Crippen LogP contribution in [0.25, 0.3) is 0 Å². The van der Waals surface area contributed by atoms with Crippen LogP contribution in [0.4, 0.5) is 0 Å². The second-order valence-corrected chi connectivity index (χ2v) is 28.1. The van der Waals surface area contributed by atoms with Crippen molar-refractivity contribution >= 4 is 39.3 Å². The number of rotatable bonds is 48. The summed E-state index contributed by atoms with van der Waals surface area (Å²) in [6.45, 7) is 8.78. The molecule has 0 bridgehead atoms. The van der Waals surface area contributed by atoms with Gasteiger partial charge in [-0.15, -0.1) is 0 Å². The van der Waals surface area contributed by atoms with Gasteiger partial charge in [-0.2, -0.15) is 0 Å². The van der Waals surface area contributed by atoms with Crippen LogP contribution in [-0.4, -0.2) is 56.7 Å². The van der Waals surface area contributed by atoms with E-state index >= 15 is 0 Å². The topological polar surface area (TPSA) is 137 Å². The second kappa shape index (κ2) is 38.7. The first-order valence-electron chi connectivity index (χ1n) is 27.8. The first-order valence-corrected chi connectivity index (χ1v) is 34.4. The van der Waals surface area contributed by atoms with Crippen LogP contribution in [0.1, 0.15) is 285 Å². The monoisotopic (exact) mass is 1010 g/mol. The molecule has 0 aromatic heterocycles. The smallest absolute Gasteiger partial charge is 0.180 e. The average molecular weight is 1010 g/mol. The molecular formula is C54H102O8S4. The summed E-state index contributed by atoms with van der Waals surface area (Å²) in [5.74, 6) is -1.39. The van der Waals surface area contributed by atoms with Gasteiger partial charge in [-0.1, -0.05) is 259 Å². The summed E-state index contributed by atoms with van der Waals surface area (Å²) in [5.41, 5.74) is 0. The van der Waals surface area contributed by atoms with E-state index in [9.17, 15) is 33.7 Å². The molecule has 1 rings (SSSR count). The predicted octanol–water partition coefficient (Wildman–Crippen LogP) is 16.5. The largest absolute Gasteiger partial charge is 0.224 e. The Hall–Kier alpha value is -0.980. The summed E-state index contributed by atoms with van der Waals surface area (Å²) in [6, 6.07) is 2.00. The third kappa shape index (κ3) is 29.3. The molecule has 0 amide bonds. The zero-order chi connectivity index (χ0) is 48.8. The Balaban J connectivity index is 3.47. The van der Waals surface area contributed by atoms with Crippen molar-refractivity contribution in [3.63, 3.8) is 0 Å². The molecule has 0 aliphatic carbocycles. The maximum Gasteiger partial charge on any atom is 0.180 e. The molecule has 0 fully saturated rings. The van der Waals surface area contributed by atoms with Crippen molar-refractivity contribution in [1.82, 2.24) is 0 Å². The van der Waals surface area contributed by atoms with Crippen molar-refractivity contribution in [3.8, 4) is 0 Å². The molecule has 0 aliphatic heterocycles. The van der Waals surface area contributed by atoms with Gasteiger partial charge >= 0.3 is 0 Å². The van der Waals surface area contributed by atoms with Crippen LogP contribution in [0.3, 0.4) is 0 Å². The van der Waals surface area contributed by atoms with E-state index in [2.05, 4.69) is 27.7 Å². The van der Waals surface area contributed by atoms with Crippen LogP contribution in [-0.2, 0) is 39.3 Å². The molecule has 0 saturated heterocycles. The molecule has 0 unspecified atom stereocenters. The summed E-state index contributed by atoms with van der Waals surface area (Å²) in [4.78, 5) is -2.39. The van der Waals surface area contributed by atoms with Crippen molar-refractivity contribution < 1.29 is 33.7 Å². The van der Waals surface area contributed by atoms with Crippen LogP contribution in [0, 0.1) is 0 Å². The summed E-state index contributed by atoms with van der Waals surface area (Å²) < 4.78 is 115. The Morgan fingerprint density at radius 2 is 0.424 bits per heavy atom. The summed E-state index contributed by atoms with van der Waals surface area (Å²) in [5, 5.41) is 0. The maximum absolute atomic E-state index is 14.5. The molecule has 0 N–H and O–H groups in total. The quantitative estimate of drug-likeness (QED) is 0.0589. The predicted molar refractivity (Wildman–Crippen MR) is 282 cm³/mol. The van der Waals surface area contributed by atoms with E-state index in [1.54, 1.807) is 0 Å². The maximum atomic E-state index is 14.5. The van der Waals surface area contributed by atoms with Crippen LogP contribution >= 0.6 is 0 Å². The van der Waals surface area contributed by atoms with Gasteiger partial charge in [0.15, 0.2) is 39.3 Å². The Kier molecular flexibility index (Phi) is 37.0. The fourth-order valence-electron chi connectivity index (χ4n) is 9.06. The van der Waals surface area contributed by atoms with Gasteiger partial charge in [-0.05, 0) is 37.8 Å². The second-order valence-electron chi connectivity index (χ2n) is 19.8. The lowest BCUT2D eigenvalue weighted by Gasteiger charge is -2.19. The van der Waals surface area contributed by atoms with E-state index in [4.69, 9.17) is 0 Å². The molecule has 390 valence electrons. The number of hydrogen-bond acceptors (Lipinski definition) is 8. The average Bonchev–Trinajstić information content (AvgIpc) is 3.28. The van der Waals surface area contributed by atoms with Gasteiger partial charge in [0.2, 0.25) is 0 Å². The molecule has 12 heteroatoms. The minimum Gasteiger partial charge on any atom is -0.224 e. The van der Waals surface area contributed by atoms with Gasteiger partial charge in [0.1, 0.15) is 4.90 Å². The minimum atomic E-state index is -4.45. The zero-order valence-electron chi connectivity index (χ0n) is 43.2. The molecule has 0 saturated carbocycles. The van der Waals surface area contributed by atoms with E-state index in [-0.39, 0.29) is 36.5 Å². The first kappa shape index (κ1) is 63.0. The van der Waals surface area contributed by atoms with Crippen molar-refractivity contribution in [2.24, 2.45) is 0 Å².